The van der Waals surface area contributed by atoms with Gasteiger partial charge in [-0.25, -0.2) is 19.4 Å². The van der Waals surface area contributed by atoms with E-state index in [9.17, 15) is 14.4 Å². The number of pyridine rings is 1. The molecule has 12 nitrogen and oxygen atoms in total. The molecule has 0 radical (unpaired) electrons. The number of carbonyl (C=O) groups is 2. The Bertz CT molecular complexity index is 1400. The first-order valence-electron chi connectivity index (χ1n) is 13.4. The molecule has 3 aromatic rings. The molecule has 1 fully saturated rings. The van der Waals surface area contributed by atoms with Crippen molar-refractivity contribution in [3.8, 4) is 0 Å². The monoisotopic (exact) mass is 537 g/mol. The minimum absolute atomic E-state index is 0.0244. The third kappa shape index (κ3) is 5.74. The van der Waals surface area contributed by atoms with E-state index in [0.29, 0.717) is 55.8 Å². The first kappa shape index (κ1) is 26.6. The molecule has 0 aromatic carbocycles. The average Bonchev–Trinajstić information content (AvgIpc) is 3.17. The van der Waals surface area contributed by atoms with Crippen molar-refractivity contribution in [2.75, 3.05) is 13.1 Å². The molecule has 2 amide bonds. The second-order valence-electron chi connectivity index (χ2n) is 11.3. The molecule has 1 aliphatic carbocycles. The lowest BCUT2D eigenvalue weighted by Crippen LogP contribution is -2.41. The van der Waals surface area contributed by atoms with Gasteiger partial charge in [0.25, 0.3) is 0 Å². The summed E-state index contributed by atoms with van der Waals surface area (Å²) in [5, 5.41) is 2.94. The van der Waals surface area contributed by atoms with Crippen LogP contribution in [-0.2, 0) is 9.47 Å². The van der Waals surface area contributed by atoms with E-state index in [1.807, 2.05) is 33.8 Å². The zero-order valence-electron chi connectivity index (χ0n) is 22.7. The van der Waals surface area contributed by atoms with E-state index in [0.717, 1.165) is 5.52 Å². The Morgan fingerprint density at radius 1 is 1.03 bits per heavy atom. The van der Waals surface area contributed by atoms with Crippen LogP contribution in [0.2, 0.25) is 0 Å². The largest absolute Gasteiger partial charge is 0.444 e. The number of imidazole rings is 1. The van der Waals surface area contributed by atoms with Crippen LogP contribution in [0.15, 0.2) is 35.5 Å². The molecule has 12 heteroatoms. The summed E-state index contributed by atoms with van der Waals surface area (Å²) >= 11 is 0. The summed E-state index contributed by atoms with van der Waals surface area (Å²) in [4.78, 5) is 56.1. The number of piperidine rings is 1. The molecule has 0 saturated carbocycles. The van der Waals surface area contributed by atoms with Crippen LogP contribution in [0, 0.1) is 5.92 Å². The molecule has 0 bridgehead atoms. The molecule has 1 aliphatic heterocycles. The molecule has 0 spiro atoms. The van der Waals surface area contributed by atoms with E-state index in [4.69, 9.17) is 9.47 Å². The molecule has 4 heterocycles. The molecule has 39 heavy (non-hydrogen) atoms. The third-order valence-corrected chi connectivity index (χ3v) is 7.30. The number of amides is 2. The van der Waals surface area contributed by atoms with Crippen molar-refractivity contribution in [1.29, 1.82) is 0 Å². The van der Waals surface area contributed by atoms with Crippen molar-refractivity contribution < 1.29 is 19.1 Å². The standard InChI is InChI=1S/C27H35N7O5/c1-16-7-8-19(21-22(29-13-12-28-21)20(16)31-25(36)39-27(2,3)4)38-26(37)33-14-9-17(10-15-33)34-18-6-5-11-30-23(18)32-24(34)35/h5-6,11-13,16-17,19-20H,7-10,14-15H2,1-4H3,(H,31,36)(H,30,32,35). The van der Waals surface area contributed by atoms with Gasteiger partial charge < -0.3 is 19.7 Å². The highest BCUT2D eigenvalue weighted by Crippen LogP contribution is 2.38. The summed E-state index contributed by atoms with van der Waals surface area (Å²) in [5.74, 6) is 0.0244. The maximum Gasteiger partial charge on any atom is 0.410 e. The lowest BCUT2D eigenvalue weighted by Gasteiger charge is -2.32. The zero-order chi connectivity index (χ0) is 27.7. The van der Waals surface area contributed by atoms with Gasteiger partial charge in [0.15, 0.2) is 5.65 Å². The lowest BCUT2D eigenvalue weighted by molar-refractivity contribution is 0.0465. The highest BCUT2D eigenvalue weighted by atomic mass is 16.6. The number of alkyl carbamates (subject to hydrolysis) is 1. The molecule has 208 valence electrons. The number of likely N-dealkylation sites (tertiary alicyclic amines) is 1. The Kier molecular flexibility index (Phi) is 7.28. The van der Waals surface area contributed by atoms with Crippen LogP contribution in [0.1, 0.15) is 83.0 Å². The number of hydrogen-bond acceptors (Lipinski definition) is 8. The molecular weight excluding hydrogens is 502 g/mol. The summed E-state index contributed by atoms with van der Waals surface area (Å²) in [6.07, 6.45) is 5.74. The lowest BCUT2D eigenvalue weighted by atomic mass is 9.96. The fourth-order valence-electron chi connectivity index (χ4n) is 5.42. The van der Waals surface area contributed by atoms with Gasteiger partial charge >= 0.3 is 17.9 Å². The first-order valence-corrected chi connectivity index (χ1v) is 13.4. The second-order valence-corrected chi connectivity index (χ2v) is 11.3. The van der Waals surface area contributed by atoms with Crippen LogP contribution in [-0.4, -0.2) is 60.3 Å². The number of rotatable bonds is 3. The zero-order valence-corrected chi connectivity index (χ0v) is 22.7. The van der Waals surface area contributed by atoms with Gasteiger partial charge in [-0.1, -0.05) is 6.92 Å². The number of aromatic nitrogens is 5. The maximum absolute atomic E-state index is 13.2. The van der Waals surface area contributed by atoms with Gasteiger partial charge in [0, 0.05) is 37.7 Å². The summed E-state index contributed by atoms with van der Waals surface area (Å²) in [5.41, 5.74) is 1.63. The van der Waals surface area contributed by atoms with Crippen LogP contribution in [0.5, 0.6) is 0 Å². The quantitative estimate of drug-likeness (QED) is 0.477. The summed E-state index contributed by atoms with van der Waals surface area (Å²) in [6, 6.07) is 3.22. The van der Waals surface area contributed by atoms with Gasteiger partial charge in [0.2, 0.25) is 0 Å². The molecule has 3 unspecified atom stereocenters. The van der Waals surface area contributed by atoms with Crippen LogP contribution in [0.4, 0.5) is 9.59 Å². The molecule has 3 atom stereocenters. The normalized spacial score (nSPS) is 22.2. The minimum atomic E-state index is -0.631. The van der Waals surface area contributed by atoms with Crippen molar-refractivity contribution in [2.45, 2.75) is 77.2 Å². The van der Waals surface area contributed by atoms with Gasteiger partial charge in [0.1, 0.15) is 17.4 Å². The second kappa shape index (κ2) is 10.7. The maximum atomic E-state index is 13.2. The number of aromatic amines is 1. The molecule has 1 saturated heterocycles. The van der Waals surface area contributed by atoms with Crippen molar-refractivity contribution in [2.24, 2.45) is 5.92 Å². The predicted octanol–water partition coefficient (Wildman–Crippen LogP) is 4.03. The summed E-state index contributed by atoms with van der Waals surface area (Å²) < 4.78 is 13.2. The first-order chi connectivity index (χ1) is 18.6. The Balaban J connectivity index is 1.27. The highest BCUT2D eigenvalue weighted by molar-refractivity contribution is 5.71. The van der Waals surface area contributed by atoms with E-state index < -0.39 is 29.9 Å². The number of carbonyl (C=O) groups excluding carboxylic acids is 2. The fraction of sp³-hybridized carbons (Fsp3) is 0.556. The van der Waals surface area contributed by atoms with Crippen LogP contribution in [0.3, 0.4) is 0 Å². The number of nitrogens with one attached hydrogen (secondary N) is 2. The van der Waals surface area contributed by atoms with Crippen molar-refractivity contribution >= 4 is 23.4 Å². The number of hydrogen-bond donors (Lipinski definition) is 2. The topological polar surface area (TPSA) is 144 Å². The number of fused-ring (bicyclic) bond motifs is 2. The van der Waals surface area contributed by atoms with Crippen molar-refractivity contribution in [3.05, 3.63) is 52.6 Å². The molecule has 2 aliphatic rings. The molecule has 3 aromatic heterocycles. The Morgan fingerprint density at radius 2 is 1.74 bits per heavy atom. The number of nitrogens with zero attached hydrogens (tertiary/aromatic N) is 5. The van der Waals surface area contributed by atoms with Gasteiger partial charge in [0.05, 0.1) is 17.3 Å². The average molecular weight is 538 g/mol. The van der Waals surface area contributed by atoms with Crippen molar-refractivity contribution in [3.63, 3.8) is 0 Å². The number of H-pyrrole nitrogens is 1. The number of ether oxygens (including phenoxy) is 2. The van der Waals surface area contributed by atoms with E-state index in [1.54, 1.807) is 34.1 Å². The Morgan fingerprint density at radius 3 is 2.46 bits per heavy atom. The van der Waals surface area contributed by atoms with Gasteiger partial charge in [-0.15, -0.1) is 0 Å². The van der Waals surface area contributed by atoms with Gasteiger partial charge in [-0.3, -0.25) is 19.5 Å². The SMILES string of the molecule is CC1CCC(OC(=O)N2CCC(n3c(=O)[nH]c4ncccc43)CC2)c2nccnc2C1NC(=O)OC(C)(C)C. The van der Waals surface area contributed by atoms with Crippen LogP contribution in [0.25, 0.3) is 11.2 Å². The Hall–Kier alpha value is -3.96. The Labute approximate surface area is 226 Å². The van der Waals surface area contributed by atoms with Crippen molar-refractivity contribution in [1.82, 2.24) is 34.7 Å². The van der Waals surface area contributed by atoms with Gasteiger partial charge in [-0.05, 0) is 64.5 Å². The third-order valence-electron chi connectivity index (χ3n) is 7.30. The van der Waals surface area contributed by atoms with Crippen LogP contribution >= 0.6 is 0 Å². The van der Waals surface area contributed by atoms with E-state index in [1.165, 1.54) is 0 Å². The molecular formula is C27H35N7O5. The smallest absolute Gasteiger partial charge is 0.410 e. The predicted molar refractivity (Wildman–Crippen MR) is 142 cm³/mol. The van der Waals surface area contributed by atoms with E-state index in [-0.39, 0.29) is 17.6 Å². The van der Waals surface area contributed by atoms with E-state index in [2.05, 4.69) is 25.3 Å². The van der Waals surface area contributed by atoms with Crippen LogP contribution < -0.4 is 11.0 Å². The molecule has 2 N–H and O–H groups in total. The van der Waals surface area contributed by atoms with Gasteiger partial charge in [-0.2, -0.15) is 0 Å². The highest BCUT2D eigenvalue weighted by Gasteiger charge is 2.36. The summed E-state index contributed by atoms with van der Waals surface area (Å²) in [6.45, 7) is 8.38. The van der Waals surface area contributed by atoms with E-state index >= 15 is 0 Å². The summed E-state index contributed by atoms with van der Waals surface area (Å²) in [7, 11) is 0. The minimum Gasteiger partial charge on any atom is -0.444 e. The molecule has 5 rings (SSSR count). The fourth-order valence-corrected chi connectivity index (χ4v) is 5.42.